The van der Waals surface area contributed by atoms with E-state index in [9.17, 15) is 4.79 Å². The number of halogens is 2. The molecule has 0 radical (unpaired) electrons. The van der Waals surface area contributed by atoms with Crippen molar-refractivity contribution in [1.82, 2.24) is 4.90 Å². The fraction of sp³-hybridized carbons (Fsp3) is 0.462. The molecule has 4 nitrogen and oxygen atoms in total. The molecule has 3 aliphatic rings. The van der Waals surface area contributed by atoms with E-state index in [1.54, 1.807) is 12.1 Å². The summed E-state index contributed by atoms with van der Waals surface area (Å²) < 4.78 is 6.04. The zero-order valence-corrected chi connectivity index (χ0v) is 20.9. The van der Waals surface area contributed by atoms with Crippen LogP contribution in [0.4, 0.5) is 0 Å². The van der Waals surface area contributed by atoms with Crippen molar-refractivity contribution in [2.75, 3.05) is 0 Å². The Morgan fingerprint density at radius 3 is 2.39 bits per heavy atom. The molecule has 174 valence electrons. The standard InChI is InChI=1S/C26H28Cl2N2O2S/c27-21-13-11-17(15-22(21)28)23-14-12-20(32-23)16-24-25(31)30(19-9-5-2-6-10-19)26(33-24)29-18-7-3-1-4-8-18/h11-16,18-19H,1-10H2. The first-order chi connectivity index (χ1) is 16.1. The van der Waals surface area contributed by atoms with Crippen LogP contribution in [0.5, 0.6) is 0 Å². The van der Waals surface area contributed by atoms with E-state index in [-0.39, 0.29) is 11.9 Å². The molecule has 0 spiro atoms. The van der Waals surface area contributed by atoms with Gasteiger partial charge in [0.15, 0.2) is 5.17 Å². The monoisotopic (exact) mass is 502 g/mol. The molecule has 1 saturated heterocycles. The summed E-state index contributed by atoms with van der Waals surface area (Å²) in [6, 6.07) is 9.80. The van der Waals surface area contributed by atoms with E-state index in [0.29, 0.717) is 32.5 Å². The topological polar surface area (TPSA) is 45.8 Å². The Kier molecular flexibility index (Phi) is 7.19. The molecule has 7 heteroatoms. The lowest BCUT2D eigenvalue weighted by molar-refractivity contribution is -0.124. The molecule has 0 N–H and O–H groups in total. The van der Waals surface area contributed by atoms with Gasteiger partial charge < -0.3 is 4.42 Å². The van der Waals surface area contributed by atoms with E-state index in [0.717, 1.165) is 36.4 Å². The summed E-state index contributed by atoms with van der Waals surface area (Å²) in [6.07, 6.45) is 13.6. The number of benzene rings is 1. The highest BCUT2D eigenvalue weighted by Crippen LogP contribution is 2.39. The Labute approximate surface area is 209 Å². The van der Waals surface area contributed by atoms with Gasteiger partial charge in [0.05, 0.1) is 21.0 Å². The van der Waals surface area contributed by atoms with Crippen molar-refractivity contribution in [3.05, 3.63) is 51.0 Å². The third kappa shape index (κ3) is 5.21. The minimum atomic E-state index is 0.0638. The molecular formula is C26H28Cl2N2O2S. The second-order valence-electron chi connectivity index (χ2n) is 9.11. The van der Waals surface area contributed by atoms with Crippen molar-refractivity contribution in [1.29, 1.82) is 0 Å². The minimum Gasteiger partial charge on any atom is -0.457 e. The van der Waals surface area contributed by atoms with Gasteiger partial charge in [0, 0.05) is 17.7 Å². The summed E-state index contributed by atoms with van der Waals surface area (Å²) in [5.74, 6) is 1.40. The van der Waals surface area contributed by atoms with E-state index < -0.39 is 0 Å². The highest BCUT2D eigenvalue weighted by molar-refractivity contribution is 8.18. The Morgan fingerprint density at radius 2 is 1.67 bits per heavy atom. The number of carbonyl (C=O) groups excluding carboxylic acids is 1. The molecule has 1 aliphatic heterocycles. The zero-order chi connectivity index (χ0) is 22.8. The van der Waals surface area contributed by atoms with Gasteiger partial charge in [0.2, 0.25) is 0 Å². The number of furan rings is 1. The van der Waals surface area contributed by atoms with Gasteiger partial charge >= 0.3 is 0 Å². The van der Waals surface area contributed by atoms with Crippen molar-refractivity contribution in [3.63, 3.8) is 0 Å². The Balaban J connectivity index is 1.41. The Bertz CT molecular complexity index is 1080. The van der Waals surface area contributed by atoms with Crippen molar-refractivity contribution in [3.8, 4) is 11.3 Å². The number of amides is 1. The summed E-state index contributed by atoms with van der Waals surface area (Å²) in [4.78, 5) is 21.3. The van der Waals surface area contributed by atoms with Crippen molar-refractivity contribution in [2.45, 2.75) is 76.3 Å². The average Bonchev–Trinajstić information content (AvgIpc) is 3.42. The number of rotatable bonds is 4. The maximum absolute atomic E-state index is 13.5. The second-order valence-corrected chi connectivity index (χ2v) is 10.9. The van der Waals surface area contributed by atoms with Crippen LogP contribution in [0.25, 0.3) is 17.4 Å². The number of carbonyl (C=O) groups is 1. The number of hydrogen-bond donors (Lipinski definition) is 0. The SMILES string of the molecule is O=C1C(=Cc2ccc(-c3ccc(Cl)c(Cl)c3)o2)SC(=NC2CCCCC2)N1C1CCCCC1. The first-order valence-corrected chi connectivity index (χ1v) is 13.5. The van der Waals surface area contributed by atoms with E-state index >= 15 is 0 Å². The third-order valence-electron chi connectivity index (χ3n) is 6.75. The largest absolute Gasteiger partial charge is 0.457 e. The Hall–Kier alpha value is -1.69. The summed E-state index contributed by atoms with van der Waals surface area (Å²) in [5.41, 5.74) is 0.850. The van der Waals surface area contributed by atoms with Gasteiger partial charge in [-0.05, 0) is 67.8 Å². The van der Waals surface area contributed by atoms with E-state index in [4.69, 9.17) is 32.6 Å². The molecule has 1 amide bonds. The van der Waals surface area contributed by atoms with Gasteiger partial charge in [-0.3, -0.25) is 14.7 Å². The van der Waals surface area contributed by atoms with Crippen LogP contribution in [0.15, 0.2) is 44.6 Å². The van der Waals surface area contributed by atoms with Crippen LogP contribution in [-0.2, 0) is 4.79 Å². The molecule has 2 aliphatic carbocycles. The summed E-state index contributed by atoms with van der Waals surface area (Å²) in [6.45, 7) is 0. The summed E-state index contributed by atoms with van der Waals surface area (Å²) >= 11 is 13.7. The van der Waals surface area contributed by atoms with Crippen LogP contribution < -0.4 is 0 Å². The fourth-order valence-electron chi connectivity index (χ4n) is 4.97. The highest BCUT2D eigenvalue weighted by Gasteiger charge is 2.39. The molecular weight excluding hydrogens is 475 g/mol. The Morgan fingerprint density at radius 1 is 0.939 bits per heavy atom. The van der Waals surface area contributed by atoms with Gasteiger partial charge in [-0.1, -0.05) is 61.7 Å². The molecule has 2 aromatic rings. The molecule has 3 fully saturated rings. The lowest BCUT2D eigenvalue weighted by Gasteiger charge is -2.31. The van der Waals surface area contributed by atoms with Crippen molar-refractivity contribution in [2.24, 2.45) is 4.99 Å². The van der Waals surface area contributed by atoms with Gasteiger partial charge in [-0.15, -0.1) is 0 Å². The predicted molar refractivity (Wildman–Crippen MR) is 138 cm³/mol. The first kappa shape index (κ1) is 23.1. The first-order valence-electron chi connectivity index (χ1n) is 11.9. The predicted octanol–water partition coefficient (Wildman–Crippen LogP) is 8.19. The number of amidine groups is 1. The quantitative estimate of drug-likeness (QED) is 0.395. The highest BCUT2D eigenvalue weighted by atomic mass is 35.5. The smallest absolute Gasteiger partial charge is 0.267 e. The molecule has 1 aromatic carbocycles. The third-order valence-corrected chi connectivity index (χ3v) is 8.48. The van der Waals surface area contributed by atoms with Gasteiger partial charge in [0.25, 0.3) is 5.91 Å². The molecule has 0 bridgehead atoms. The lowest BCUT2D eigenvalue weighted by Crippen LogP contribution is -2.41. The van der Waals surface area contributed by atoms with Crippen LogP contribution in [0, 0.1) is 0 Å². The van der Waals surface area contributed by atoms with Crippen LogP contribution in [0.2, 0.25) is 10.0 Å². The van der Waals surface area contributed by atoms with Crippen LogP contribution in [0.1, 0.15) is 70.0 Å². The summed E-state index contributed by atoms with van der Waals surface area (Å²) in [7, 11) is 0. The van der Waals surface area contributed by atoms with Crippen LogP contribution >= 0.6 is 35.0 Å². The molecule has 5 rings (SSSR count). The number of aliphatic imine (C=N–C) groups is 1. The minimum absolute atomic E-state index is 0.0638. The molecule has 0 unspecified atom stereocenters. The molecule has 0 atom stereocenters. The maximum atomic E-state index is 13.5. The molecule has 33 heavy (non-hydrogen) atoms. The van der Waals surface area contributed by atoms with Crippen molar-refractivity contribution >= 4 is 52.1 Å². The number of nitrogens with zero attached hydrogens (tertiary/aromatic N) is 2. The normalized spacial score (nSPS) is 23.2. The number of hydrogen-bond acceptors (Lipinski definition) is 4. The average molecular weight is 503 g/mol. The maximum Gasteiger partial charge on any atom is 0.267 e. The fourth-order valence-corrected chi connectivity index (χ4v) is 6.36. The van der Waals surface area contributed by atoms with Crippen LogP contribution in [-0.4, -0.2) is 28.1 Å². The lowest BCUT2D eigenvalue weighted by atomic mass is 9.94. The van der Waals surface area contributed by atoms with Gasteiger partial charge in [-0.25, -0.2) is 0 Å². The second kappa shape index (κ2) is 10.3. The van der Waals surface area contributed by atoms with E-state index in [1.165, 1.54) is 50.3 Å². The molecule has 2 heterocycles. The number of thioether (sulfide) groups is 1. The van der Waals surface area contributed by atoms with E-state index in [2.05, 4.69) is 0 Å². The molecule has 2 saturated carbocycles. The van der Waals surface area contributed by atoms with E-state index in [1.807, 2.05) is 29.2 Å². The summed E-state index contributed by atoms with van der Waals surface area (Å²) in [5, 5.41) is 1.88. The van der Waals surface area contributed by atoms with Gasteiger partial charge in [0.1, 0.15) is 11.5 Å². The zero-order valence-electron chi connectivity index (χ0n) is 18.6. The molecule has 1 aromatic heterocycles. The van der Waals surface area contributed by atoms with Gasteiger partial charge in [-0.2, -0.15) is 0 Å². The van der Waals surface area contributed by atoms with Crippen molar-refractivity contribution < 1.29 is 9.21 Å². The van der Waals surface area contributed by atoms with Crippen LogP contribution in [0.3, 0.4) is 0 Å².